The molecular formula is C38H49FN10O7. The van der Waals surface area contributed by atoms with Gasteiger partial charge in [-0.05, 0) is 55.5 Å². The summed E-state index contributed by atoms with van der Waals surface area (Å²) in [7, 11) is 0. The van der Waals surface area contributed by atoms with Gasteiger partial charge < -0.3 is 45.9 Å². The van der Waals surface area contributed by atoms with E-state index in [4.69, 9.17) is 10.5 Å². The van der Waals surface area contributed by atoms with Crippen LogP contribution in [0, 0.1) is 11.7 Å². The molecule has 1 aliphatic heterocycles. The van der Waals surface area contributed by atoms with Gasteiger partial charge >= 0.3 is 18.1 Å². The summed E-state index contributed by atoms with van der Waals surface area (Å²) in [6.07, 6.45) is 3.90. The number of hydrogen-bond donors (Lipinski definition) is 5. The average molecular weight is 777 g/mol. The number of pyridine rings is 1. The van der Waals surface area contributed by atoms with Gasteiger partial charge in [0.2, 0.25) is 11.3 Å². The summed E-state index contributed by atoms with van der Waals surface area (Å²) in [5, 5.41) is 27.1. The summed E-state index contributed by atoms with van der Waals surface area (Å²) < 4.78 is 24.3. The second kappa shape index (κ2) is 18.4. The summed E-state index contributed by atoms with van der Waals surface area (Å²) >= 11 is 0. The van der Waals surface area contributed by atoms with Crippen molar-refractivity contribution in [2.45, 2.75) is 65.8 Å². The number of aromatic carboxylic acids is 1. The van der Waals surface area contributed by atoms with Crippen LogP contribution in [0.3, 0.4) is 0 Å². The number of ether oxygens (including phenoxy) is 1. The topological polar surface area (TPSA) is 219 Å². The summed E-state index contributed by atoms with van der Waals surface area (Å²) in [6.45, 7) is 9.81. The molecule has 2 aromatic carbocycles. The Morgan fingerprint density at radius 3 is 2.39 bits per heavy atom. The molecule has 2 aromatic heterocycles. The van der Waals surface area contributed by atoms with Gasteiger partial charge in [-0.1, -0.05) is 31.2 Å². The van der Waals surface area contributed by atoms with E-state index >= 15 is 4.39 Å². The molecule has 3 heterocycles. The Balaban J connectivity index is 1.15. The van der Waals surface area contributed by atoms with E-state index in [-0.39, 0.29) is 54.7 Å². The van der Waals surface area contributed by atoms with E-state index in [9.17, 15) is 29.1 Å². The number of hydrogen-bond acceptors (Lipinski definition) is 10. The number of nitrogens with zero attached hydrogens (tertiary/aromatic N) is 6. The van der Waals surface area contributed by atoms with Gasteiger partial charge in [-0.3, -0.25) is 9.59 Å². The summed E-state index contributed by atoms with van der Waals surface area (Å²) in [6, 6.07) is 9.09. The zero-order chi connectivity index (χ0) is 40.5. The number of rotatable bonds is 16. The largest absolute Gasteiger partial charge is 0.477 e. The lowest BCUT2D eigenvalue weighted by atomic mass is 10.0. The van der Waals surface area contributed by atoms with Crippen molar-refractivity contribution in [1.29, 1.82) is 0 Å². The summed E-state index contributed by atoms with van der Waals surface area (Å²) in [4.78, 5) is 63.6. The molecule has 1 fully saturated rings. The predicted octanol–water partition coefficient (Wildman–Crippen LogP) is 3.84. The minimum Gasteiger partial charge on any atom is -0.477 e. The molecule has 56 heavy (non-hydrogen) atoms. The van der Waals surface area contributed by atoms with Crippen molar-refractivity contribution < 1.29 is 33.4 Å². The van der Waals surface area contributed by atoms with E-state index in [1.54, 1.807) is 32.0 Å². The number of anilines is 2. The zero-order valence-electron chi connectivity index (χ0n) is 32.0. The molecule has 0 bridgehead atoms. The molecule has 2 atom stereocenters. The van der Waals surface area contributed by atoms with Crippen molar-refractivity contribution in [3.8, 4) is 0 Å². The number of piperazine rings is 1. The van der Waals surface area contributed by atoms with Crippen LogP contribution in [-0.2, 0) is 22.7 Å². The van der Waals surface area contributed by atoms with Crippen LogP contribution in [-0.4, -0.2) is 92.8 Å². The van der Waals surface area contributed by atoms with Gasteiger partial charge in [0.05, 0.1) is 29.5 Å². The number of halogens is 1. The molecule has 0 radical (unpaired) electrons. The van der Waals surface area contributed by atoms with Crippen LogP contribution in [0.1, 0.15) is 74.2 Å². The van der Waals surface area contributed by atoms with Crippen LogP contribution in [0.5, 0.6) is 0 Å². The van der Waals surface area contributed by atoms with Crippen molar-refractivity contribution in [3.05, 3.63) is 81.7 Å². The second-order valence-corrected chi connectivity index (χ2v) is 14.0. The Kier molecular flexibility index (Phi) is 13.5. The maximum absolute atomic E-state index is 15.3. The Labute approximate surface area is 323 Å². The standard InChI is InChI=1S/C38H49FN10O7/c1-5-46-20-29(36(52)53)35(51)28-17-30(39)33(18-32(28)46)47-13-15-48(16-14-47)38(55)56-22-25-8-10-26(11-9-25)42-19-27(7-6-12-41-37(40)54)49-21-31(44-45-49)34(23(2)3)43-24(4)50/h8-11,17-18,20-21,23,27,34,42H,5-7,12-16,19,22H2,1-4H3,(H,43,50)(H,52,53)(H3,40,41,54)/t27-,34-/m0/s1. The highest BCUT2D eigenvalue weighted by molar-refractivity contribution is 5.93. The minimum absolute atomic E-state index is 0.00372. The van der Waals surface area contributed by atoms with Crippen LogP contribution in [0.25, 0.3) is 10.9 Å². The number of nitrogens with two attached hydrogens (primary N) is 1. The van der Waals surface area contributed by atoms with E-state index in [0.29, 0.717) is 56.8 Å². The number of urea groups is 1. The van der Waals surface area contributed by atoms with E-state index in [2.05, 4.69) is 26.3 Å². The SMILES string of the molecule is CCn1cc(C(=O)O)c(=O)c2cc(F)c(N3CCN(C(=O)OCc4ccc(NC[C@H](CCCNC(N)=O)n5cc([C@@H](NC(C)=O)C(C)C)nn5)cc4)CC3)cc21. The number of amides is 4. The molecule has 4 aromatic rings. The van der Waals surface area contributed by atoms with Crippen LogP contribution >= 0.6 is 0 Å². The van der Waals surface area contributed by atoms with Crippen LogP contribution in [0.15, 0.2) is 53.6 Å². The first-order valence-corrected chi connectivity index (χ1v) is 18.6. The molecule has 1 aliphatic rings. The number of carboxylic acid groups (broad SMARTS) is 1. The highest BCUT2D eigenvalue weighted by Gasteiger charge is 2.26. The maximum atomic E-state index is 15.3. The first kappa shape index (κ1) is 41.0. The number of primary amides is 1. The number of aryl methyl sites for hydroxylation is 1. The van der Waals surface area contributed by atoms with Crippen molar-refractivity contribution in [1.82, 2.24) is 35.1 Å². The Bertz CT molecular complexity index is 2090. The number of fused-ring (bicyclic) bond motifs is 1. The van der Waals surface area contributed by atoms with Gasteiger partial charge in [-0.15, -0.1) is 5.10 Å². The fourth-order valence-corrected chi connectivity index (χ4v) is 6.67. The summed E-state index contributed by atoms with van der Waals surface area (Å²) in [5.41, 5.74) is 7.02. The predicted molar refractivity (Wildman–Crippen MR) is 207 cm³/mol. The fourth-order valence-electron chi connectivity index (χ4n) is 6.67. The number of nitrogens with one attached hydrogen (secondary N) is 3. The maximum Gasteiger partial charge on any atom is 0.410 e. The van der Waals surface area contributed by atoms with Crippen LogP contribution in [0.2, 0.25) is 0 Å². The molecule has 300 valence electrons. The van der Waals surface area contributed by atoms with Gasteiger partial charge in [0.15, 0.2) is 0 Å². The van der Waals surface area contributed by atoms with E-state index in [1.807, 2.05) is 44.3 Å². The molecule has 4 amide bonds. The van der Waals surface area contributed by atoms with E-state index in [1.165, 1.54) is 13.1 Å². The highest BCUT2D eigenvalue weighted by atomic mass is 19.1. The zero-order valence-corrected chi connectivity index (χ0v) is 32.0. The third-order valence-corrected chi connectivity index (χ3v) is 9.72. The molecule has 5 rings (SSSR count). The molecule has 0 spiro atoms. The molecular weight excluding hydrogens is 727 g/mol. The number of carbonyl (C=O) groups excluding carboxylic acids is 3. The second-order valence-electron chi connectivity index (χ2n) is 14.0. The van der Waals surface area contributed by atoms with Gasteiger partial charge in [0.1, 0.15) is 23.7 Å². The van der Waals surface area contributed by atoms with Gasteiger partial charge in [-0.2, -0.15) is 0 Å². The first-order valence-electron chi connectivity index (χ1n) is 18.6. The monoisotopic (exact) mass is 776 g/mol. The molecule has 6 N–H and O–H groups in total. The lowest BCUT2D eigenvalue weighted by Gasteiger charge is -2.35. The quantitative estimate of drug-likeness (QED) is 0.103. The lowest BCUT2D eigenvalue weighted by molar-refractivity contribution is -0.120. The van der Waals surface area contributed by atoms with Crippen molar-refractivity contribution in [2.75, 3.05) is 49.5 Å². The smallest absolute Gasteiger partial charge is 0.410 e. The van der Waals surface area contributed by atoms with Crippen molar-refractivity contribution in [2.24, 2.45) is 11.7 Å². The van der Waals surface area contributed by atoms with E-state index in [0.717, 1.165) is 17.3 Å². The average Bonchev–Trinajstić information content (AvgIpc) is 3.65. The summed E-state index contributed by atoms with van der Waals surface area (Å²) in [5.74, 6) is -2.08. The van der Waals surface area contributed by atoms with Crippen molar-refractivity contribution >= 4 is 46.3 Å². The van der Waals surface area contributed by atoms with Gasteiger partial charge in [0.25, 0.3) is 0 Å². The molecule has 17 nitrogen and oxygen atoms in total. The Morgan fingerprint density at radius 1 is 1.05 bits per heavy atom. The van der Waals surface area contributed by atoms with Gasteiger partial charge in [-0.25, -0.2) is 23.5 Å². The van der Waals surface area contributed by atoms with E-state index < -0.39 is 34.9 Å². The third-order valence-electron chi connectivity index (χ3n) is 9.72. The molecule has 18 heteroatoms. The first-order chi connectivity index (χ1) is 26.7. The van der Waals surface area contributed by atoms with Gasteiger partial charge in [0, 0.05) is 70.0 Å². The fraction of sp³-hybridized carbons (Fsp3) is 0.447. The van der Waals surface area contributed by atoms with Crippen LogP contribution < -0.4 is 32.0 Å². The highest BCUT2D eigenvalue weighted by Crippen LogP contribution is 2.27. The number of carbonyl (C=O) groups is 4. The third kappa shape index (κ3) is 10.1. The number of carboxylic acids is 1. The lowest BCUT2D eigenvalue weighted by Crippen LogP contribution is -2.49. The molecule has 0 aliphatic carbocycles. The van der Waals surface area contributed by atoms with Crippen LogP contribution in [0.4, 0.5) is 25.4 Å². The van der Waals surface area contributed by atoms with Crippen molar-refractivity contribution in [3.63, 3.8) is 0 Å². The number of aromatic nitrogens is 4. The normalized spacial score (nSPS) is 14.0. The molecule has 1 saturated heterocycles. The number of benzene rings is 2. The Hall–Kier alpha value is -6.20. The molecule has 0 unspecified atom stereocenters. The molecule has 0 saturated carbocycles. The Morgan fingerprint density at radius 2 is 1.77 bits per heavy atom. The minimum atomic E-state index is -1.37.